The van der Waals surface area contributed by atoms with E-state index in [9.17, 15) is 22.8 Å². The number of halogens is 4. The topological polar surface area (TPSA) is 137 Å². The maximum Gasteiger partial charge on any atom is 0.436 e. The van der Waals surface area contributed by atoms with Crippen LogP contribution in [0.5, 0.6) is 0 Å². The van der Waals surface area contributed by atoms with Crippen LogP contribution < -0.4 is 16.2 Å². The molecule has 5 aromatic rings. The van der Waals surface area contributed by atoms with Gasteiger partial charge in [0.1, 0.15) is 5.69 Å². The van der Waals surface area contributed by atoms with Gasteiger partial charge >= 0.3 is 6.18 Å². The third-order valence-electron chi connectivity index (χ3n) is 9.07. The smallest absolute Gasteiger partial charge is 0.323 e. The number of benzene rings is 1. The minimum Gasteiger partial charge on any atom is -0.323 e. The van der Waals surface area contributed by atoms with E-state index in [-0.39, 0.29) is 29.2 Å². The fourth-order valence-electron chi connectivity index (χ4n) is 6.38. The van der Waals surface area contributed by atoms with Crippen molar-refractivity contribution in [1.82, 2.24) is 44.6 Å². The van der Waals surface area contributed by atoms with Gasteiger partial charge in [-0.2, -0.15) is 18.3 Å². The molecule has 4 aromatic heterocycles. The third kappa shape index (κ3) is 6.72. The molecule has 0 saturated carbocycles. The quantitative estimate of drug-likeness (QED) is 0.245. The first kappa shape index (κ1) is 32.6. The van der Waals surface area contributed by atoms with E-state index in [0.29, 0.717) is 46.9 Å². The zero-order valence-electron chi connectivity index (χ0n) is 26.4. The number of alkyl halides is 3. The van der Waals surface area contributed by atoms with Crippen molar-refractivity contribution in [3.63, 3.8) is 0 Å². The van der Waals surface area contributed by atoms with Crippen LogP contribution >= 0.6 is 11.6 Å². The molecular weight excluding hydrogens is 661 g/mol. The van der Waals surface area contributed by atoms with Crippen LogP contribution in [0.1, 0.15) is 62.5 Å². The molecule has 2 atom stereocenters. The molecule has 6 heterocycles. The van der Waals surface area contributed by atoms with Gasteiger partial charge in [-0.05, 0) is 69.1 Å². The van der Waals surface area contributed by atoms with Gasteiger partial charge in [0.25, 0.3) is 5.56 Å². The van der Waals surface area contributed by atoms with Crippen LogP contribution in [0.25, 0.3) is 28.2 Å². The lowest BCUT2D eigenvalue weighted by atomic mass is 9.97. The summed E-state index contributed by atoms with van der Waals surface area (Å²) >= 11 is 6.27. The van der Waals surface area contributed by atoms with Crippen molar-refractivity contribution in [2.45, 2.75) is 57.3 Å². The number of aromatic nitrogens is 8. The van der Waals surface area contributed by atoms with Crippen molar-refractivity contribution >= 4 is 23.2 Å². The summed E-state index contributed by atoms with van der Waals surface area (Å²) in [5.74, 6) is -0.401. The van der Waals surface area contributed by atoms with Crippen molar-refractivity contribution in [3.05, 3.63) is 88.1 Å². The fourth-order valence-corrected chi connectivity index (χ4v) is 6.55. The Morgan fingerprint density at radius 2 is 1.80 bits per heavy atom. The monoisotopic (exact) mass is 692 g/mol. The lowest BCUT2D eigenvalue weighted by Crippen LogP contribution is -2.29. The van der Waals surface area contributed by atoms with Gasteiger partial charge in [-0.25, -0.2) is 9.67 Å². The third-order valence-corrected chi connectivity index (χ3v) is 9.30. The van der Waals surface area contributed by atoms with E-state index in [1.54, 1.807) is 6.20 Å². The average molecular weight is 693 g/mol. The maximum absolute atomic E-state index is 13.8. The molecule has 0 aliphatic carbocycles. The molecule has 0 spiro atoms. The molecule has 0 radical (unpaired) electrons. The van der Waals surface area contributed by atoms with Crippen molar-refractivity contribution < 1.29 is 18.0 Å². The molecule has 0 unspecified atom stereocenters. The van der Waals surface area contributed by atoms with E-state index >= 15 is 0 Å². The van der Waals surface area contributed by atoms with Gasteiger partial charge in [0.15, 0.2) is 5.69 Å². The molecule has 1 aromatic carbocycles. The van der Waals surface area contributed by atoms with Gasteiger partial charge in [-0.15, -0.1) is 5.10 Å². The molecular formula is C33H32ClF3N10O2. The molecule has 1 amide bonds. The maximum atomic E-state index is 13.8. The Morgan fingerprint density at radius 1 is 0.980 bits per heavy atom. The number of anilines is 1. The summed E-state index contributed by atoms with van der Waals surface area (Å²) in [5.41, 5.74) is 1.76. The van der Waals surface area contributed by atoms with Gasteiger partial charge in [0, 0.05) is 40.5 Å². The molecule has 16 heteroatoms. The Labute approximate surface area is 283 Å². The summed E-state index contributed by atoms with van der Waals surface area (Å²) in [7, 11) is 0. The van der Waals surface area contributed by atoms with E-state index in [1.807, 2.05) is 29.9 Å². The number of carbonyl (C=O) groups excluding carboxylic acids is 1. The number of nitrogens with one attached hydrogen (secondary N) is 2. The Morgan fingerprint density at radius 3 is 2.55 bits per heavy atom. The van der Waals surface area contributed by atoms with Crippen LogP contribution in [0.4, 0.5) is 18.9 Å². The zero-order valence-corrected chi connectivity index (χ0v) is 27.1. The summed E-state index contributed by atoms with van der Waals surface area (Å²) in [4.78, 5) is 36.3. The van der Waals surface area contributed by atoms with Gasteiger partial charge in [-0.3, -0.25) is 23.8 Å². The highest BCUT2D eigenvalue weighted by Gasteiger charge is 2.35. The van der Waals surface area contributed by atoms with E-state index in [4.69, 9.17) is 16.7 Å². The number of carbonyl (C=O) groups is 1. The van der Waals surface area contributed by atoms with Crippen LogP contribution in [0.15, 0.2) is 66.1 Å². The number of piperidine rings is 1. The van der Waals surface area contributed by atoms with E-state index in [2.05, 4.69) is 30.9 Å². The lowest BCUT2D eigenvalue weighted by Gasteiger charge is -2.22. The Bertz CT molecular complexity index is 2070. The minimum atomic E-state index is -4.68. The summed E-state index contributed by atoms with van der Waals surface area (Å²) < 4.78 is 44.2. The number of fused-ring (bicyclic) bond motifs is 4. The Hall–Kier alpha value is -4.89. The standard InChI is InChI=1S/C33H32ClF3N10O2/c1-19-3-2-4-28(25-13-20(7-12-39-25)31-26(41-32(19)49)16-46(43-31)22-8-10-38-11-9-22)45-18-40-24(15-30(45)48)23-14-21(34)5-6-27(23)47-17-29(42-44-47)33(35,36)37/h5-7,12-19,22,28,38H,2-4,8-11H2,1H3,(H,41,49)/t19-,28+/m1/s1. The second kappa shape index (κ2) is 13.2. The van der Waals surface area contributed by atoms with Crippen molar-refractivity contribution in [3.8, 4) is 28.2 Å². The Balaban J connectivity index is 1.27. The van der Waals surface area contributed by atoms with Gasteiger partial charge in [0.05, 0.1) is 47.4 Å². The number of pyridine rings is 1. The summed E-state index contributed by atoms with van der Waals surface area (Å²) in [6.07, 6.45) is 4.58. The SMILES string of the molecule is C[C@@H]1CCC[C@H](n2cnc(-c3cc(Cl)ccc3-n3cc(C(F)(F)F)nn3)cc2=O)c2cc(ccn2)-c2nn(C3CCNCC3)cc2NC1=O. The molecule has 2 bridgehead atoms. The van der Waals surface area contributed by atoms with E-state index < -0.39 is 23.5 Å². The molecule has 1 fully saturated rings. The van der Waals surface area contributed by atoms with E-state index in [0.717, 1.165) is 42.4 Å². The highest BCUT2D eigenvalue weighted by molar-refractivity contribution is 6.31. The number of hydrogen-bond donors (Lipinski definition) is 2. The molecule has 7 rings (SSSR count). The second-order valence-electron chi connectivity index (χ2n) is 12.4. The molecule has 1 saturated heterocycles. The summed E-state index contributed by atoms with van der Waals surface area (Å²) in [6, 6.07) is 9.20. The van der Waals surface area contributed by atoms with Crippen molar-refractivity contribution in [2.75, 3.05) is 18.4 Å². The van der Waals surface area contributed by atoms with Gasteiger partial charge < -0.3 is 10.6 Å². The lowest BCUT2D eigenvalue weighted by molar-refractivity contribution is -0.141. The number of hydrogen-bond acceptors (Lipinski definition) is 8. The molecule has 12 nitrogen and oxygen atoms in total. The molecule has 2 N–H and O–H groups in total. The molecule has 2 aliphatic heterocycles. The van der Waals surface area contributed by atoms with Crippen LogP contribution in [-0.2, 0) is 11.0 Å². The van der Waals surface area contributed by atoms with Crippen LogP contribution in [0, 0.1) is 5.92 Å². The molecule has 2 aliphatic rings. The first-order valence-electron chi connectivity index (χ1n) is 16.0. The highest BCUT2D eigenvalue weighted by atomic mass is 35.5. The minimum absolute atomic E-state index is 0.104. The van der Waals surface area contributed by atoms with Crippen LogP contribution in [-0.4, -0.2) is 58.3 Å². The first-order valence-corrected chi connectivity index (χ1v) is 16.4. The normalized spacial score (nSPS) is 19.1. The van der Waals surface area contributed by atoms with Crippen LogP contribution in [0.2, 0.25) is 5.02 Å². The van der Waals surface area contributed by atoms with Crippen LogP contribution in [0.3, 0.4) is 0 Å². The second-order valence-corrected chi connectivity index (χ2v) is 12.8. The highest BCUT2D eigenvalue weighted by Crippen LogP contribution is 2.35. The molecule has 254 valence electrons. The van der Waals surface area contributed by atoms with Crippen molar-refractivity contribution in [1.29, 1.82) is 0 Å². The number of amides is 1. The number of rotatable bonds is 4. The zero-order chi connectivity index (χ0) is 34.3. The predicted octanol–water partition coefficient (Wildman–Crippen LogP) is 5.69. The average Bonchev–Trinajstić information content (AvgIpc) is 3.76. The number of nitrogens with zero attached hydrogens (tertiary/aromatic N) is 8. The largest absolute Gasteiger partial charge is 0.436 e. The fraction of sp³-hybridized carbons (Fsp3) is 0.364. The molecule has 49 heavy (non-hydrogen) atoms. The summed E-state index contributed by atoms with van der Waals surface area (Å²) in [5, 5.41) is 18.6. The van der Waals surface area contributed by atoms with Crippen molar-refractivity contribution in [2.24, 2.45) is 5.92 Å². The Kier molecular flexibility index (Phi) is 8.79. The summed E-state index contributed by atoms with van der Waals surface area (Å²) in [6.45, 7) is 3.65. The van der Waals surface area contributed by atoms with E-state index in [1.165, 1.54) is 35.2 Å². The first-order chi connectivity index (χ1) is 23.5. The predicted molar refractivity (Wildman–Crippen MR) is 175 cm³/mol. The van der Waals surface area contributed by atoms with Gasteiger partial charge in [0.2, 0.25) is 5.91 Å². The van der Waals surface area contributed by atoms with Gasteiger partial charge in [-0.1, -0.05) is 30.2 Å².